The third kappa shape index (κ3) is 2.28. The van der Waals surface area contributed by atoms with Gasteiger partial charge in [-0.2, -0.15) is 4.73 Å². The van der Waals surface area contributed by atoms with Crippen LogP contribution in [0.2, 0.25) is 0 Å². The summed E-state index contributed by atoms with van der Waals surface area (Å²) in [5.74, 6) is 0. The van der Waals surface area contributed by atoms with Gasteiger partial charge in [0.05, 0.1) is 12.7 Å². The van der Waals surface area contributed by atoms with Crippen molar-refractivity contribution in [2.45, 2.75) is 13.5 Å². The van der Waals surface area contributed by atoms with E-state index < -0.39 is 0 Å². The van der Waals surface area contributed by atoms with E-state index in [1.807, 2.05) is 31.2 Å². The Bertz CT molecular complexity index is 544. The highest BCUT2D eigenvalue weighted by atomic mass is 16.5. The van der Waals surface area contributed by atoms with Crippen molar-refractivity contribution in [2.75, 3.05) is 0 Å². The molecule has 0 saturated carbocycles. The highest BCUT2D eigenvalue weighted by Crippen LogP contribution is 2.03. The molecular weight excluding hydrogens is 204 g/mol. The maximum atomic E-state index is 11.5. The second-order valence-corrected chi connectivity index (χ2v) is 3.74. The summed E-state index contributed by atoms with van der Waals surface area (Å²) in [4.78, 5) is 11.5. The Balaban J connectivity index is 2.27. The van der Waals surface area contributed by atoms with E-state index in [1.165, 1.54) is 22.5 Å². The lowest BCUT2D eigenvalue weighted by Crippen LogP contribution is -2.34. The van der Waals surface area contributed by atoms with Crippen LogP contribution >= 0.6 is 0 Å². The van der Waals surface area contributed by atoms with Crippen molar-refractivity contribution < 1.29 is 4.73 Å². The Morgan fingerprint density at radius 2 is 2.00 bits per heavy atom. The topological polar surface area (TPSA) is 48.9 Å². The van der Waals surface area contributed by atoms with Gasteiger partial charge in [0.25, 0.3) is 0 Å². The lowest BCUT2D eigenvalue weighted by Gasteiger charge is -2.05. The van der Waals surface area contributed by atoms with Crippen molar-refractivity contribution in [2.24, 2.45) is 0 Å². The molecule has 0 fully saturated rings. The van der Waals surface area contributed by atoms with Crippen LogP contribution in [0.25, 0.3) is 0 Å². The fraction of sp³-hybridized carbons (Fsp3) is 0.167. The maximum Gasteiger partial charge on any atom is 0.316 e. The molecule has 1 aromatic carbocycles. The fourth-order valence-corrected chi connectivity index (χ4v) is 1.47. The largest absolute Gasteiger partial charge is 0.619 e. The summed E-state index contributed by atoms with van der Waals surface area (Å²) < 4.78 is 2.01. The van der Waals surface area contributed by atoms with E-state index in [4.69, 9.17) is 0 Å². The predicted octanol–water partition coefficient (Wildman–Crippen LogP) is 0.838. The van der Waals surface area contributed by atoms with Crippen molar-refractivity contribution in [3.05, 3.63) is 69.5 Å². The summed E-state index contributed by atoms with van der Waals surface area (Å²) in [5, 5.41) is 10.8. The van der Waals surface area contributed by atoms with Gasteiger partial charge in [0.1, 0.15) is 0 Å². The normalized spacial score (nSPS) is 10.3. The standard InChI is InChI=1S/C12H12N2O2/c1-10-2-4-11(5-3-10)8-13-6-7-14(16)9-12(13)15/h2-7,9H,8H2,1H3. The van der Waals surface area contributed by atoms with E-state index in [0.717, 1.165) is 11.8 Å². The van der Waals surface area contributed by atoms with Crippen molar-refractivity contribution in [1.82, 2.24) is 4.57 Å². The monoisotopic (exact) mass is 216 g/mol. The van der Waals surface area contributed by atoms with Crippen molar-refractivity contribution in [1.29, 1.82) is 0 Å². The summed E-state index contributed by atoms with van der Waals surface area (Å²) in [7, 11) is 0. The molecule has 1 aromatic heterocycles. The molecular formula is C12H12N2O2. The van der Waals surface area contributed by atoms with Gasteiger partial charge in [-0.3, -0.25) is 9.36 Å². The molecule has 4 nitrogen and oxygen atoms in total. The summed E-state index contributed by atoms with van der Waals surface area (Å²) in [5.41, 5.74) is 1.93. The molecule has 1 heterocycles. The number of aryl methyl sites for hydroxylation is 1. The average molecular weight is 216 g/mol. The molecule has 0 bridgehead atoms. The van der Waals surface area contributed by atoms with Gasteiger partial charge in [0.15, 0.2) is 6.20 Å². The van der Waals surface area contributed by atoms with Crippen LogP contribution < -0.4 is 10.3 Å². The summed E-state index contributed by atoms with van der Waals surface area (Å²) in [6, 6.07) is 7.94. The second kappa shape index (κ2) is 4.18. The van der Waals surface area contributed by atoms with Gasteiger partial charge in [-0.05, 0) is 12.5 Å². The zero-order valence-corrected chi connectivity index (χ0v) is 8.96. The number of rotatable bonds is 2. The van der Waals surface area contributed by atoms with Crippen LogP contribution in [-0.2, 0) is 6.54 Å². The molecule has 0 unspecified atom stereocenters. The van der Waals surface area contributed by atoms with E-state index in [-0.39, 0.29) is 5.56 Å². The van der Waals surface area contributed by atoms with Gasteiger partial charge in [-0.15, -0.1) is 0 Å². The Hall–Kier alpha value is -2.10. The molecule has 0 aliphatic heterocycles. The van der Waals surface area contributed by atoms with E-state index in [0.29, 0.717) is 11.3 Å². The zero-order chi connectivity index (χ0) is 11.5. The molecule has 0 amide bonds. The first-order chi connectivity index (χ1) is 7.65. The highest BCUT2D eigenvalue weighted by Gasteiger charge is 2.00. The fourth-order valence-electron chi connectivity index (χ4n) is 1.47. The molecule has 0 N–H and O–H groups in total. The lowest BCUT2D eigenvalue weighted by molar-refractivity contribution is -0.607. The van der Waals surface area contributed by atoms with Crippen LogP contribution in [-0.4, -0.2) is 4.57 Å². The molecule has 0 atom stereocenters. The predicted molar refractivity (Wildman–Crippen MR) is 59.9 cm³/mol. The number of hydrogen-bond acceptors (Lipinski definition) is 2. The van der Waals surface area contributed by atoms with Gasteiger partial charge in [0.2, 0.25) is 6.20 Å². The van der Waals surface area contributed by atoms with Crippen LogP contribution in [0.3, 0.4) is 0 Å². The van der Waals surface area contributed by atoms with Crippen LogP contribution in [0.4, 0.5) is 0 Å². The van der Waals surface area contributed by atoms with E-state index in [1.54, 1.807) is 0 Å². The van der Waals surface area contributed by atoms with Gasteiger partial charge >= 0.3 is 5.56 Å². The summed E-state index contributed by atoms with van der Waals surface area (Å²) >= 11 is 0. The summed E-state index contributed by atoms with van der Waals surface area (Å²) in [6.07, 6.45) is 3.83. The molecule has 0 aliphatic rings. The van der Waals surface area contributed by atoms with Gasteiger partial charge < -0.3 is 5.21 Å². The van der Waals surface area contributed by atoms with Crippen molar-refractivity contribution >= 4 is 0 Å². The Morgan fingerprint density at radius 3 is 2.62 bits per heavy atom. The van der Waals surface area contributed by atoms with Crippen LogP contribution in [0, 0.1) is 12.1 Å². The second-order valence-electron chi connectivity index (χ2n) is 3.74. The van der Waals surface area contributed by atoms with E-state index in [2.05, 4.69) is 0 Å². The lowest BCUT2D eigenvalue weighted by atomic mass is 10.1. The Labute approximate surface area is 93.0 Å². The molecule has 0 aliphatic carbocycles. The van der Waals surface area contributed by atoms with E-state index >= 15 is 0 Å². The zero-order valence-electron chi connectivity index (χ0n) is 8.96. The Kier molecular flexibility index (Phi) is 2.72. The molecule has 0 saturated heterocycles. The van der Waals surface area contributed by atoms with Gasteiger partial charge in [-0.25, -0.2) is 0 Å². The summed E-state index contributed by atoms with van der Waals surface area (Å²) in [6.45, 7) is 2.50. The first kappa shape index (κ1) is 10.4. The average Bonchev–Trinajstić information content (AvgIpc) is 2.25. The third-order valence-electron chi connectivity index (χ3n) is 2.39. The third-order valence-corrected chi connectivity index (χ3v) is 2.39. The maximum absolute atomic E-state index is 11.5. The molecule has 2 aromatic rings. The first-order valence-corrected chi connectivity index (χ1v) is 5.00. The first-order valence-electron chi connectivity index (χ1n) is 5.00. The van der Waals surface area contributed by atoms with Crippen molar-refractivity contribution in [3.8, 4) is 0 Å². The number of benzene rings is 1. The highest BCUT2D eigenvalue weighted by molar-refractivity contribution is 5.21. The Morgan fingerprint density at radius 1 is 1.31 bits per heavy atom. The molecule has 82 valence electrons. The molecule has 4 heteroatoms. The van der Waals surface area contributed by atoms with Gasteiger partial charge in [0, 0.05) is 0 Å². The smallest absolute Gasteiger partial charge is 0.316 e. The molecule has 16 heavy (non-hydrogen) atoms. The van der Waals surface area contributed by atoms with Crippen LogP contribution in [0.15, 0.2) is 47.7 Å². The van der Waals surface area contributed by atoms with Crippen LogP contribution in [0.5, 0.6) is 0 Å². The minimum atomic E-state index is -0.293. The minimum Gasteiger partial charge on any atom is -0.619 e. The minimum absolute atomic E-state index is 0.293. The number of aromatic nitrogens is 2. The number of hydrogen-bond donors (Lipinski definition) is 0. The van der Waals surface area contributed by atoms with Crippen LogP contribution in [0.1, 0.15) is 11.1 Å². The van der Waals surface area contributed by atoms with Crippen molar-refractivity contribution in [3.63, 3.8) is 0 Å². The SMILES string of the molecule is Cc1ccc(Cn2cc[n+]([O-])cc2=O)cc1. The van der Waals surface area contributed by atoms with E-state index in [9.17, 15) is 10.0 Å². The van der Waals surface area contributed by atoms with Gasteiger partial charge in [-0.1, -0.05) is 29.8 Å². The number of nitrogens with zero attached hydrogens (tertiary/aromatic N) is 2. The quantitative estimate of drug-likeness (QED) is 0.551. The molecule has 2 rings (SSSR count). The molecule has 0 spiro atoms. The molecule has 0 radical (unpaired) electrons.